The fourth-order valence-electron chi connectivity index (χ4n) is 1.95. The van der Waals surface area contributed by atoms with Gasteiger partial charge in [0, 0.05) is 12.7 Å². The first-order valence-corrected chi connectivity index (χ1v) is 5.27. The zero-order valence-corrected chi connectivity index (χ0v) is 8.63. The van der Waals surface area contributed by atoms with Gasteiger partial charge in [0.15, 0.2) is 0 Å². The van der Waals surface area contributed by atoms with Crippen LogP contribution < -0.4 is 10.6 Å². The summed E-state index contributed by atoms with van der Waals surface area (Å²) < 4.78 is 0. The van der Waals surface area contributed by atoms with Gasteiger partial charge >= 0.3 is 0 Å². The standard InChI is InChI=1S/C10H16N4O/c11-9-4-5-12-10(13-9)14-6-2-1-3-8(14)7-15/h4-5,8,15H,1-3,6-7H2,(H2,11,12,13). The lowest BCUT2D eigenvalue weighted by Crippen LogP contribution is -2.42. The van der Waals surface area contributed by atoms with E-state index in [1.54, 1.807) is 12.3 Å². The van der Waals surface area contributed by atoms with Gasteiger partial charge in [-0.05, 0) is 25.3 Å². The highest BCUT2D eigenvalue weighted by Crippen LogP contribution is 2.21. The molecular weight excluding hydrogens is 192 g/mol. The van der Waals surface area contributed by atoms with E-state index in [0.29, 0.717) is 11.8 Å². The summed E-state index contributed by atoms with van der Waals surface area (Å²) in [6, 6.07) is 1.81. The summed E-state index contributed by atoms with van der Waals surface area (Å²) in [6.45, 7) is 1.05. The zero-order chi connectivity index (χ0) is 10.7. The number of aliphatic hydroxyl groups excluding tert-OH is 1. The molecule has 0 saturated carbocycles. The quantitative estimate of drug-likeness (QED) is 0.736. The van der Waals surface area contributed by atoms with E-state index < -0.39 is 0 Å². The van der Waals surface area contributed by atoms with Gasteiger partial charge in [0.1, 0.15) is 5.82 Å². The number of piperidine rings is 1. The fraction of sp³-hybridized carbons (Fsp3) is 0.600. The molecule has 1 atom stereocenters. The molecule has 5 heteroatoms. The molecule has 82 valence electrons. The molecule has 3 N–H and O–H groups in total. The van der Waals surface area contributed by atoms with Crippen molar-refractivity contribution in [2.45, 2.75) is 25.3 Å². The van der Waals surface area contributed by atoms with Crippen LogP contribution in [0.5, 0.6) is 0 Å². The first kappa shape index (κ1) is 10.2. The van der Waals surface area contributed by atoms with Crippen molar-refractivity contribution >= 4 is 11.8 Å². The average molecular weight is 208 g/mol. The molecule has 0 spiro atoms. The van der Waals surface area contributed by atoms with Gasteiger partial charge in [-0.3, -0.25) is 0 Å². The van der Waals surface area contributed by atoms with Crippen molar-refractivity contribution in [2.24, 2.45) is 0 Å². The second-order valence-electron chi connectivity index (χ2n) is 3.81. The highest BCUT2D eigenvalue weighted by atomic mass is 16.3. The van der Waals surface area contributed by atoms with Gasteiger partial charge in [-0.25, -0.2) is 4.98 Å². The maximum atomic E-state index is 9.26. The number of anilines is 2. The molecule has 0 bridgehead atoms. The summed E-state index contributed by atoms with van der Waals surface area (Å²) in [5, 5.41) is 9.26. The first-order valence-electron chi connectivity index (χ1n) is 5.27. The van der Waals surface area contributed by atoms with E-state index in [2.05, 4.69) is 9.97 Å². The van der Waals surface area contributed by atoms with Gasteiger partial charge in [-0.15, -0.1) is 0 Å². The Morgan fingerprint density at radius 3 is 3.13 bits per heavy atom. The average Bonchev–Trinajstić information content (AvgIpc) is 2.29. The molecular formula is C10H16N4O. The molecule has 1 saturated heterocycles. The second kappa shape index (κ2) is 4.44. The minimum atomic E-state index is 0.139. The van der Waals surface area contributed by atoms with Crippen molar-refractivity contribution in [3.8, 4) is 0 Å². The van der Waals surface area contributed by atoms with Crippen molar-refractivity contribution in [3.63, 3.8) is 0 Å². The van der Waals surface area contributed by atoms with Gasteiger partial charge in [-0.1, -0.05) is 0 Å². The van der Waals surface area contributed by atoms with Gasteiger partial charge in [0.25, 0.3) is 0 Å². The number of nitrogen functional groups attached to an aromatic ring is 1. The predicted molar refractivity (Wildman–Crippen MR) is 58.5 cm³/mol. The molecule has 1 aliphatic rings. The maximum Gasteiger partial charge on any atom is 0.227 e. The molecule has 1 aromatic rings. The van der Waals surface area contributed by atoms with Crippen molar-refractivity contribution in [1.82, 2.24) is 9.97 Å². The van der Waals surface area contributed by atoms with E-state index in [0.717, 1.165) is 25.8 Å². The molecule has 0 amide bonds. The van der Waals surface area contributed by atoms with Crippen LogP contribution in [0.1, 0.15) is 19.3 Å². The Kier molecular flexibility index (Phi) is 3.01. The molecule has 0 aromatic carbocycles. The lowest BCUT2D eigenvalue weighted by Gasteiger charge is -2.34. The van der Waals surface area contributed by atoms with E-state index in [-0.39, 0.29) is 12.6 Å². The maximum absolute atomic E-state index is 9.26. The third kappa shape index (κ3) is 2.18. The summed E-state index contributed by atoms with van der Waals surface area (Å²) in [4.78, 5) is 10.4. The van der Waals surface area contributed by atoms with Crippen molar-refractivity contribution in [1.29, 1.82) is 0 Å². The second-order valence-corrected chi connectivity index (χ2v) is 3.81. The van der Waals surface area contributed by atoms with Crippen LogP contribution in [0, 0.1) is 0 Å². The smallest absolute Gasteiger partial charge is 0.227 e. The van der Waals surface area contributed by atoms with Crippen molar-refractivity contribution in [3.05, 3.63) is 12.3 Å². The van der Waals surface area contributed by atoms with Crippen LogP contribution >= 0.6 is 0 Å². The summed E-state index contributed by atoms with van der Waals surface area (Å²) in [5.74, 6) is 1.11. The van der Waals surface area contributed by atoms with E-state index in [4.69, 9.17) is 5.73 Å². The highest BCUT2D eigenvalue weighted by molar-refractivity contribution is 5.39. The summed E-state index contributed by atoms with van der Waals surface area (Å²) in [6.07, 6.45) is 4.92. The minimum absolute atomic E-state index is 0.139. The van der Waals surface area contributed by atoms with Gasteiger partial charge in [0.2, 0.25) is 5.95 Å². The van der Waals surface area contributed by atoms with Crippen LogP contribution in [0.3, 0.4) is 0 Å². The number of hydrogen-bond donors (Lipinski definition) is 2. The van der Waals surface area contributed by atoms with Crippen LogP contribution in [0.25, 0.3) is 0 Å². The summed E-state index contributed by atoms with van der Waals surface area (Å²) >= 11 is 0. The molecule has 1 unspecified atom stereocenters. The van der Waals surface area contributed by atoms with Crippen LogP contribution in [0.4, 0.5) is 11.8 Å². The lowest BCUT2D eigenvalue weighted by atomic mass is 10.0. The minimum Gasteiger partial charge on any atom is -0.394 e. The van der Waals surface area contributed by atoms with Gasteiger partial charge < -0.3 is 15.7 Å². The lowest BCUT2D eigenvalue weighted by molar-refractivity contribution is 0.239. The van der Waals surface area contributed by atoms with E-state index >= 15 is 0 Å². The number of nitrogens with zero attached hydrogens (tertiary/aromatic N) is 3. The number of rotatable bonds is 2. The molecule has 5 nitrogen and oxygen atoms in total. The molecule has 0 aliphatic carbocycles. The Labute approximate surface area is 88.9 Å². The van der Waals surface area contributed by atoms with Gasteiger partial charge in [0.05, 0.1) is 12.6 Å². The third-order valence-corrected chi connectivity index (χ3v) is 2.76. The van der Waals surface area contributed by atoms with Crippen LogP contribution in [-0.2, 0) is 0 Å². The van der Waals surface area contributed by atoms with E-state index in [1.807, 2.05) is 4.90 Å². The van der Waals surface area contributed by atoms with E-state index in [9.17, 15) is 5.11 Å². The SMILES string of the molecule is Nc1ccnc(N2CCCCC2CO)n1. The Hall–Kier alpha value is -1.36. The van der Waals surface area contributed by atoms with Crippen LogP contribution in [-0.4, -0.2) is 34.3 Å². The summed E-state index contributed by atoms with van der Waals surface area (Å²) in [5.41, 5.74) is 5.61. The summed E-state index contributed by atoms with van der Waals surface area (Å²) in [7, 11) is 0. The van der Waals surface area contributed by atoms with Crippen LogP contribution in [0.2, 0.25) is 0 Å². The van der Waals surface area contributed by atoms with Crippen molar-refractivity contribution < 1.29 is 5.11 Å². The first-order chi connectivity index (χ1) is 7.31. The molecule has 2 heterocycles. The number of aromatic nitrogens is 2. The Morgan fingerprint density at radius 2 is 2.40 bits per heavy atom. The molecule has 2 rings (SSSR count). The normalized spacial score (nSPS) is 21.7. The Bertz CT molecular complexity index is 331. The number of hydrogen-bond acceptors (Lipinski definition) is 5. The highest BCUT2D eigenvalue weighted by Gasteiger charge is 2.23. The van der Waals surface area contributed by atoms with Crippen molar-refractivity contribution in [2.75, 3.05) is 23.8 Å². The topological polar surface area (TPSA) is 75.3 Å². The molecule has 0 radical (unpaired) electrons. The Balaban J connectivity index is 2.20. The monoisotopic (exact) mass is 208 g/mol. The predicted octanol–water partition coefficient (Wildman–Crippen LogP) is 0.410. The molecule has 1 fully saturated rings. The van der Waals surface area contributed by atoms with Gasteiger partial charge in [-0.2, -0.15) is 4.98 Å². The Morgan fingerprint density at radius 1 is 1.53 bits per heavy atom. The zero-order valence-electron chi connectivity index (χ0n) is 8.63. The molecule has 1 aromatic heterocycles. The van der Waals surface area contributed by atoms with Crippen LogP contribution in [0.15, 0.2) is 12.3 Å². The number of aliphatic hydroxyl groups is 1. The fourth-order valence-corrected chi connectivity index (χ4v) is 1.95. The largest absolute Gasteiger partial charge is 0.394 e. The third-order valence-electron chi connectivity index (χ3n) is 2.76. The molecule has 1 aliphatic heterocycles. The molecule has 15 heavy (non-hydrogen) atoms. The van der Waals surface area contributed by atoms with E-state index in [1.165, 1.54) is 0 Å². The number of nitrogens with two attached hydrogens (primary N) is 1.